The van der Waals surface area contributed by atoms with Gasteiger partial charge in [-0.15, -0.1) is 0 Å². The monoisotopic (exact) mass is 454 g/mol. The Labute approximate surface area is 196 Å². The van der Waals surface area contributed by atoms with E-state index in [0.717, 1.165) is 33.0 Å². The quantitative estimate of drug-likeness (QED) is 0.259. The third kappa shape index (κ3) is 5.11. The summed E-state index contributed by atoms with van der Waals surface area (Å²) in [6, 6.07) is 25.3. The molecule has 0 spiro atoms. The lowest BCUT2D eigenvalue weighted by atomic mass is 9.93. The van der Waals surface area contributed by atoms with Crippen molar-refractivity contribution in [2.24, 2.45) is 0 Å². The molecule has 0 atom stereocenters. The van der Waals surface area contributed by atoms with Gasteiger partial charge in [0.1, 0.15) is 17.5 Å². The zero-order valence-corrected chi connectivity index (χ0v) is 18.7. The van der Waals surface area contributed by atoms with Gasteiger partial charge in [0.2, 0.25) is 0 Å². The molecular weight excluding hydrogens is 435 g/mol. The molecule has 0 radical (unpaired) electrons. The predicted molar refractivity (Wildman–Crippen MR) is 132 cm³/mol. The zero-order chi connectivity index (χ0) is 23.4. The highest BCUT2D eigenvalue weighted by molar-refractivity contribution is 6.31. The summed E-state index contributed by atoms with van der Waals surface area (Å²) < 4.78 is 13.7. The molecule has 0 aromatic heterocycles. The molecular formula is C28H20ClFN2O. The molecule has 0 aliphatic carbocycles. The molecule has 4 aromatic rings. The summed E-state index contributed by atoms with van der Waals surface area (Å²) >= 11 is 6.16. The molecule has 33 heavy (non-hydrogen) atoms. The third-order valence-electron chi connectivity index (χ3n) is 5.43. The van der Waals surface area contributed by atoms with Crippen molar-refractivity contribution in [2.45, 2.75) is 13.3 Å². The minimum absolute atomic E-state index is 0.0384. The summed E-state index contributed by atoms with van der Waals surface area (Å²) in [5.41, 5.74) is 3.81. The second kappa shape index (κ2) is 9.68. The number of rotatable bonds is 5. The molecule has 0 heterocycles. The first-order valence-corrected chi connectivity index (χ1v) is 10.8. The average molecular weight is 455 g/mol. The molecule has 3 nitrogen and oxygen atoms in total. The number of anilines is 1. The summed E-state index contributed by atoms with van der Waals surface area (Å²) in [5.74, 6) is -0.832. The Morgan fingerprint density at radius 1 is 1.06 bits per heavy atom. The largest absolute Gasteiger partial charge is 0.321 e. The Morgan fingerprint density at radius 3 is 2.64 bits per heavy atom. The van der Waals surface area contributed by atoms with Crippen molar-refractivity contribution >= 4 is 40.0 Å². The fourth-order valence-electron chi connectivity index (χ4n) is 3.69. The standard InChI is InChI=1S/C28H20ClFN2O/c1-18-9-12-24(16-27(18)29)32-28(33)22(17-31)15-26-21(13-19-5-4-7-23(30)14-19)11-10-20-6-2-3-8-25(20)26/h2-12,14-16H,13H2,1H3,(H,32,33)/b22-15+. The van der Waals surface area contributed by atoms with Crippen LogP contribution in [0, 0.1) is 24.1 Å². The molecule has 0 bridgehead atoms. The summed E-state index contributed by atoms with van der Waals surface area (Å²) in [5, 5.41) is 14.9. The second-order valence-corrected chi connectivity index (χ2v) is 8.16. The van der Waals surface area contributed by atoms with Gasteiger partial charge in [0.25, 0.3) is 5.91 Å². The Balaban J connectivity index is 1.76. The van der Waals surface area contributed by atoms with Crippen LogP contribution in [-0.4, -0.2) is 5.91 Å². The van der Waals surface area contributed by atoms with E-state index in [1.165, 1.54) is 12.1 Å². The number of nitrogens with zero attached hydrogens (tertiary/aromatic N) is 1. The maximum Gasteiger partial charge on any atom is 0.266 e. The molecule has 5 heteroatoms. The van der Waals surface area contributed by atoms with Gasteiger partial charge >= 0.3 is 0 Å². The fraction of sp³-hybridized carbons (Fsp3) is 0.0714. The van der Waals surface area contributed by atoms with Crippen molar-refractivity contribution in [3.8, 4) is 6.07 Å². The fourth-order valence-corrected chi connectivity index (χ4v) is 3.87. The number of amides is 1. The molecule has 0 aliphatic heterocycles. The van der Waals surface area contributed by atoms with Crippen LogP contribution in [-0.2, 0) is 11.2 Å². The second-order valence-electron chi connectivity index (χ2n) is 7.75. The van der Waals surface area contributed by atoms with Gasteiger partial charge in [0, 0.05) is 10.7 Å². The predicted octanol–water partition coefficient (Wildman–Crippen LogP) is 7.08. The molecule has 0 fully saturated rings. The molecule has 0 saturated heterocycles. The van der Waals surface area contributed by atoms with E-state index >= 15 is 0 Å². The Morgan fingerprint density at radius 2 is 1.88 bits per heavy atom. The molecule has 162 valence electrons. The van der Waals surface area contributed by atoms with Gasteiger partial charge in [-0.1, -0.05) is 66.2 Å². The number of hydrogen-bond donors (Lipinski definition) is 1. The van der Waals surface area contributed by atoms with E-state index in [4.69, 9.17) is 11.6 Å². The van der Waals surface area contributed by atoms with Gasteiger partial charge in [-0.05, 0) is 76.7 Å². The third-order valence-corrected chi connectivity index (χ3v) is 5.84. The van der Waals surface area contributed by atoms with E-state index in [9.17, 15) is 14.4 Å². The average Bonchev–Trinajstić information content (AvgIpc) is 2.80. The molecule has 1 N–H and O–H groups in total. The highest BCUT2D eigenvalue weighted by Crippen LogP contribution is 2.28. The minimum atomic E-state index is -0.526. The normalized spacial score (nSPS) is 11.3. The zero-order valence-electron chi connectivity index (χ0n) is 17.9. The van der Waals surface area contributed by atoms with Crippen LogP contribution in [0.25, 0.3) is 16.8 Å². The summed E-state index contributed by atoms with van der Waals surface area (Å²) in [4.78, 5) is 12.9. The van der Waals surface area contributed by atoms with Crippen LogP contribution in [0.4, 0.5) is 10.1 Å². The number of hydrogen-bond acceptors (Lipinski definition) is 2. The highest BCUT2D eigenvalue weighted by Gasteiger charge is 2.14. The first kappa shape index (κ1) is 22.3. The van der Waals surface area contributed by atoms with Gasteiger partial charge in [-0.3, -0.25) is 4.79 Å². The van der Waals surface area contributed by atoms with Crippen LogP contribution in [0.2, 0.25) is 5.02 Å². The van der Waals surface area contributed by atoms with E-state index in [1.54, 1.807) is 30.3 Å². The molecule has 0 unspecified atom stereocenters. The number of aryl methyl sites for hydroxylation is 1. The van der Waals surface area contributed by atoms with Crippen molar-refractivity contribution in [3.05, 3.63) is 118 Å². The first-order valence-electron chi connectivity index (χ1n) is 10.4. The molecule has 4 aromatic carbocycles. The van der Waals surface area contributed by atoms with Crippen LogP contribution in [0.1, 0.15) is 22.3 Å². The van der Waals surface area contributed by atoms with E-state index in [2.05, 4.69) is 5.32 Å². The van der Waals surface area contributed by atoms with E-state index in [-0.39, 0.29) is 11.4 Å². The van der Waals surface area contributed by atoms with Crippen molar-refractivity contribution in [2.75, 3.05) is 5.32 Å². The van der Waals surface area contributed by atoms with Crippen LogP contribution in [0.3, 0.4) is 0 Å². The number of carbonyl (C=O) groups excluding carboxylic acids is 1. The topological polar surface area (TPSA) is 52.9 Å². The lowest BCUT2D eigenvalue weighted by Crippen LogP contribution is -2.13. The number of carbonyl (C=O) groups is 1. The molecule has 4 rings (SSSR count). The van der Waals surface area contributed by atoms with E-state index in [1.807, 2.05) is 55.5 Å². The molecule has 0 aliphatic rings. The number of nitrogens with one attached hydrogen (secondary N) is 1. The SMILES string of the molecule is Cc1ccc(NC(=O)/C(C#N)=C/c2c(Cc3cccc(F)c3)ccc3ccccc23)cc1Cl. The van der Waals surface area contributed by atoms with E-state index < -0.39 is 5.91 Å². The number of fused-ring (bicyclic) bond motifs is 1. The Bertz CT molecular complexity index is 1440. The van der Waals surface area contributed by atoms with Gasteiger partial charge in [-0.2, -0.15) is 5.26 Å². The van der Waals surface area contributed by atoms with Gasteiger partial charge in [-0.25, -0.2) is 4.39 Å². The Kier molecular flexibility index (Phi) is 6.53. The van der Waals surface area contributed by atoms with Crippen LogP contribution < -0.4 is 5.32 Å². The number of halogens is 2. The highest BCUT2D eigenvalue weighted by atomic mass is 35.5. The summed E-state index contributed by atoms with van der Waals surface area (Å²) in [6.45, 7) is 1.87. The van der Waals surface area contributed by atoms with Crippen LogP contribution >= 0.6 is 11.6 Å². The maximum absolute atomic E-state index is 13.7. The van der Waals surface area contributed by atoms with Crippen molar-refractivity contribution < 1.29 is 9.18 Å². The van der Waals surface area contributed by atoms with Crippen molar-refractivity contribution in [3.63, 3.8) is 0 Å². The number of benzene rings is 4. The smallest absolute Gasteiger partial charge is 0.266 e. The summed E-state index contributed by atoms with van der Waals surface area (Å²) in [7, 11) is 0. The molecule has 0 saturated carbocycles. The van der Waals surface area contributed by atoms with Gasteiger partial charge in [0.15, 0.2) is 0 Å². The van der Waals surface area contributed by atoms with Crippen molar-refractivity contribution in [1.82, 2.24) is 0 Å². The van der Waals surface area contributed by atoms with Crippen molar-refractivity contribution in [1.29, 1.82) is 5.26 Å². The minimum Gasteiger partial charge on any atom is -0.321 e. The summed E-state index contributed by atoms with van der Waals surface area (Å²) in [6.07, 6.45) is 2.06. The first-order chi connectivity index (χ1) is 15.9. The lowest BCUT2D eigenvalue weighted by Gasteiger charge is -2.12. The van der Waals surface area contributed by atoms with Gasteiger partial charge in [0.05, 0.1) is 0 Å². The number of nitriles is 1. The lowest BCUT2D eigenvalue weighted by molar-refractivity contribution is -0.112. The molecule has 1 amide bonds. The van der Waals surface area contributed by atoms with Crippen LogP contribution in [0.15, 0.2) is 84.4 Å². The Hall–Kier alpha value is -3.94. The van der Waals surface area contributed by atoms with Gasteiger partial charge < -0.3 is 5.32 Å². The maximum atomic E-state index is 13.7. The van der Waals surface area contributed by atoms with E-state index in [0.29, 0.717) is 17.1 Å². The van der Waals surface area contributed by atoms with Crippen LogP contribution in [0.5, 0.6) is 0 Å².